The van der Waals surface area contributed by atoms with E-state index in [1.54, 1.807) is 0 Å². The molecule has 1 aliphatic rings. The van der Waals surface area contributed by atoms with E-state index in [4.69, 9.17) is 9.97 Å². The van der Waals surface area contributed by atoms with Gasteiger partial charge < -0.3 is 15.5 Å². The third kappa shape index (κ3) is 6.90. The molecule has 3 aromatic rings. The Kier molecular flexibility index (Phi) is 8.51. The molecule has 1 unspecified atom stereocenters. The lowest BCUT2D eigenvalue weighted by molar-refractivity contribution is -0.138. The molecule has 4 rings (SSSR count). The number of rotatable bonds is 9. The third-order valence-electron chi connectivity index (χ3n) is 6.63. The normalized spacial score (nSPS) is 16.0. The number of nitrogens with one attached hydrogen (secondary N) is 2. The number of pyridine rings is 1. The van der Waals surface area contributed by atoms with Crippen LogP contribution in [0.25, 0.3) is 0 Å². The van der Waals surface area contributed by atoms with Crippen LogP contribution in [0.15, 0.2) is 42.6 Å². The van der Waals surface area contributed by atoms with Crippen LogP contribution >= 0.6 is 0 Å². The standard InChI is InChI=1S/C27H30F6N6/c1-3-6-20-22(13-15-35-24-21(27(31,32)33)8-4-14-34-24)37-25(39-16-5-7-17(39)2)38-23(20)36-19-11-9-18(10-12-19)26(28,29)30/h4,8-12,14,17H,3,5-7,13,15-16H2,1-2H3,(H,34,35)(H,36,37,38). The van der Waals surface area contributed by atoms with Crippen molar-refractivity contribution in [2.24, 2.45) is 0 Å². The average Bonchev–Trinajstić information content (AvgIpc) is 3.31. The Morgan fingerprint density at radius 3 is 2.31 bits per heavy atom. The molecule has 3 heterocycles. The van der Waals surface area contributed by atoms with Gasteiger partial charge >= 0.3 is 12.4 Å². The summed E-state index contributed by atoms with van der Waals surface area (Å²) in [6, 6.07) is 7.11. The second kappa shape index (κ2) is 11.7. The van der Waals surface area contributed by atoms with Crippen molar-refractivity contribution in [1.82, 2.24) is 15.0 Å². The molecule has 1 atom stereocenters. The highest BCUT2D eigenvalue weighted by Crippen LogP contribution is 2.34. The predicted molar refractivity (Wildman–Crippen MR) is 138 cm³/mol. The van der Waals surface area contributed by atoms with E-state index >= 15 is 0 Å². The number of halogens is 6. The monoisotopic (exact) mass is 552 g/mol. The fourth-order valence-electron chi connectivity index (χ4n) is 4.65. The molecular formula is C27H30F6N6. The number of alkyl halides is 6. The maximum atomic E-state index is 13.4. The molecule has 210 valence electrons. The molecule has 0 bridgehead atoms. The van der Waals surface area contributed by atoms with Crippen LogP contribution in [0, 0.1) is 0 Å². The number of anilines is 4. The zero-order valence-electron chi connectivity index (χ0n) is 21.6. The summed E-state index contributed by atoms with van der Waals surface area (Å²) in [5.41, 5.74) is 0.263. The van der Waals surface area contributed by atoms with Crippen LogP contribution in [0.3, 0.4) is 0 Å². The van der Waals surface area contributed by atoms with E-state index in [0.717, 1.165) is 49.6 Å². The molecule has 1 aliphatic heterocycles. The Labute approximate surface area is 222 Å². The van der Waals surface area contributed by atoms with Crippen molar-refractivity contribution in [1.29, 1.82) is 0 Å². The van der Waals surface area contributed by atoms with Crippen LogP contribution in [0.5, 0.6) is 0 Å². The number of aromatic nitrogens is 3. The smallest absolute Gasteiger partial charge is 0.369 e. The average molecular weight is 553 g/mol. The van der Waals surface area contributed by atoms with Crippen molar-refractivity contribution < 1.29 is 26.3 Å². The topological polar surface area (TPSA) is 66.0 Å². The van der Waals surface area contributed by atoms with Gasteiger partial charge in [0, 0.05) is 43.0 Å². The molecule has 39 heavy (non-hydrogen) atoms. The molecule has 0 amide bonds. The Morgan fingerprint density at radius 2 is 1.69 bits per heavy atom. The van der Waals surface area contributed by atoms with Gasteiger partial charge in [-0.15, -0.1) is 0 Å². The summed E-state index contributed by atoms with van der Waals surface area (Å²) in [4.78, 5) is 15.5. The summed E-state index contributed by atoms with van der Waals surface area (Å²) in [6.07, 6.45) is -4.14. The zero-order chi connectivity index (χ0) is 28.2. The van der Waals surface area contributed by atoms with Crippen LogP contribution in [-0.2, 0) is 25.2 Å². The van der Waals surface area contributed by atoms with Gasteiger partial charge in [-0.2, -0.15) is 31.3 Å². The number of hydrogen-bond acceptors (Lipinski definition) is 6. The number of hydrogen-bond donors (Lipinski definition) is 2. The Hall–Kier alpha value is -3.57. The fraction of sp³-hybridized carbons (Fsp3) is 0.444. The summed E-state index contributed by atoms with van der Waals surface area (Å²) in [7, 11) is 0. The molecule has 0 saturated carbocycles. The fourth-order valence-corrected chi connectivity index (χ4v) is 4.65. The van der Waals surface area contributed by atoms with Crippen molar-refractivity contribution in [2.45, 2.75) is 64.3 Å². The van der Waals surface area contributed by atoms with Crippen molar-refractivity contribution in [3.8, 4) is 0 Å². The Balaban J connectivity index is 1.65. The van der Waals surface area contributed by atoms with E-state index in [1.807, 2.05) is 6.92 Å². The molecular weight excluding hydrogens is 522 g/mol. The second-order valence-corrected chi connectivity index (χ2v) is 9.51. The van der Waals surface area contributed by atoms with Gasteiger partial charge in [0.1, 0.15) is 11.6 Å². The molecule has 12 heteroatoms. The summed E-state index contributed by atoms with van der Waals surface area (Å²) in [5.74, 6) is 0.704. The SMILES string of the molecule is CCCc1c(CCNc2ncccc2C(F)(F)F)nc(N2CCCC2C)nc1Nc1ccc(C(F)(F)F)cc1. The molecule has 2 N–H and O–H groups in total. The summed E-state index contributed by atoms with van der Waals surface area (Å²) >= 11 is 0. The minimum Gasteiger partial charge on any atom is -0.369 e. The van der Waals surface area contributed by atoms with Crippen LogP contribution in [0.4, 0.5) is 49.6 Å². The molecule has 1 fully saturated rings. The maximum absolute atomic E-state index is 13.4. The van der Waals surface area contributed by atoms with Crippen LogP contribution in [0.2, 0.25) is 0 Å². The van der Waals surface area contributed by atoms with Gasteiger partial charge in [-0.05, 0) is 62.6 Å². The highest BCUT2D eigenvalue weighted by atomic mass is 19.4. The van der Waals surface area contributed by atoms with E-state index in [0.29, 0.717) is 36.0 Å². The van der Waals surface area contributed by atoms with Crippen LogP contribution in [-0.4, -0.2) is 34.1 Å². The van der Waals surface area contributed by atoms with Crippen LogP contribution < -0.4 is 15.5 Å². The highest BCUT2D eigenvalue weighted by Gasteiger charge is 2.34. The molecule has 1 saturated heterocycles. The van der Waals surface area contributed by atoms with Gasteiger partial charge in [0.25, 0.3) is 0 Å². The lowest BCUT2D eigenvalue weighted by Crippen LogP contribution is -2.29. The first-order valence-corrected chi connectivity index (χ1v) is 12.8. The van der Waals surface area contributed by atoms with Crippen molar-refractivity contribution in [2.75, 3.05) is 28.6 Å². The van der Waals surface area contributed by atoms with Gasteiger partial charge in [-0.25, -0.2) is 9.97 Å². The zero-order valence-corrected chi connectivity index (χ0v) is 21.6. The molecule has 0 radical (unpaired) electrons. The molecule has 0 spiro atoms. The van der Waals surface area contributed by atoms with Gasteiger partial charge in [0.2, 0.25) is 5.95 Å². The Bertz CT molecular complexity index is 1260. The first-order valence-electron chi connectivity index (χ1n) is 12.8. The summed E-state index contributed by atoms with van der Waals surface area (Å²) in [5, 5.41) is 5.96. The maximum Gasteiger partial charge on any atom is 0.419 e. The highest BCUT2D eigenvalue weighted by molar-refractivity contribution is 5.63. The lowest BCUT2D eigenvalue weighted by Gasteiger charge is -2.24. The second-order valence-electron chi connectivity index (χ2n) is 9.51. The van der Waals surface area contributed by atoms with E-state index in [-0.39, 0.29) is 18.4 Å². The number of nitrogens with zero attached hydrogens (tertiary/aromatic N) is 4. The molecule has 1 aromatic carbocycles. The minimum atomic E-state index is -4.54. The number of benzene rings is 1. The van der Waals surface area contributed by atoms with Gasteiger partial charge in [-0.3, -0.25) is 0 Å². The van der Waals surface area contributed by atoms with Crippen molar-refractivity contribution >= 4 is 23.3 Å². The lowest BCUT2D eigenvalue weighted by atomic mass is 10.1. The van der Waals surface area contributed by atoms with E-state index < -0.39 is 23.5 Å². The van der Waals surface area contributed by atoms with E-state index in [2.05, 4.69) is 27.4 Å². The largest absolute Gasteiger partial charge is 0.419 e. The summed E-state index contributed by atoms with van der Waals surface area (Å²) < 4.78 is 79.3. The van der Waals surface area contributed by atoms with Gasteiger partial charge in [0.05, 0.1) is 16.8 Å². The van der Waals surface area contributed by atoms with Crippen molar-refractivity contribution in [3.63, 3.8) is 0 Å². The third-order valence-corrected chi connectivity index (χ3v) is 6.63. The van der Waals surface area contributed by atoms with Gasteiger partial charge in [0.15, 0.2) is 0 Å². The van der Waals surface area contributed by atoms with Crippen molar-refractivity contribution in [3.05, 3.63) is 65.0 Å². The minimum absolute atomic E-state index is 0.141. The van der Waals surface area contributed by atoms with Gasteiger partial charge in [-0.1, -0.05) is 13.3 Å². The molecule has 6 nitrogen and oxygen atoms in total. The predicted octanol–water partition coefficient (Wildman–Crippen LogP) is 7.25. The summed E-state index contributed by atoms with van der Waals surface area (Å²) in [6.45, 7) is 4.95. The van der Waals surface area contributed by atoms with E-state index in [9.17, 15) is 26.3 Å². The van der Waals surface area contributed by atoms with E-state index in [1.165, 1.54) is 24.4 Å². The molecule has 0 aliphatic carbocycles. The van der Waals surface area contributed by atoms with Crippen LogP contribution in [0.1, 0.15) is 55.5 Å². The molecule has 2 aromatic heterocycles. The quantitative estimate of drug-likeness (QED) is 0.273. The first-order chi connectivity index (χ1) is 18.5. The Morgan fingerprint density at radius 1 is 0.949 bits per heavy atom. The first kappa shape index (κ1) is 28.4.